The van der Waals surface area contributed by atoms with Crippen LogP contribution in [0.1, 0.15) is 13.3 Å². The van der Waals surface area contributed by atoms with Crippen LogP contribution in [0.15, 0.2) is 18.3 Å². The Morgan fingerprint density at radius 1 is 1.60 bits per heavy atom. The topological polar surface area (TPSA) is 54.0 Å². The minimum Gasteiger partial charge on any atom is -0.317 e. The summed E-state index contributed by atoms with van der Waals surface area (Å²) in [7, 11) is 0. The van der Waals surface area contributed by atoms with Crippen molar-refractivity contribution in [2.45, 2.75) is 13.3 Å². The van der Waals surface area contributed by atoms with Crippen LogP contribution in [0, 0.1) is 0 Å². The molecule has 0 aliphatic heterocycles. The van der Waals surface area contributed by atoms with E-state index in [-0.39, 0.29) is 11.0 Å². The third kappa shape index (κ3) is 4.22. The standard InChI is InChI=1S/C9H10ClN3OS/c1-2-8(14)13-9(15)12-7-4-3-6(10)5-11-7/h3-5H,2H2,1H3,(H2,11,12,13,14,15). The number of aromatic nitrogens is 1. The average Bonchev–Trinajstić information content (AvgIpc) is 2.21. The molecule has 0 aliphatic rings. The number of pyridine rings is 1. The maximum absolute atomic E-state index is 11.0. The number of rotatable bonds is 2. The second-order valence-corrected chi connectivity index (χ2v) is 3.56. The van der Waals surface area contributed by atoms with Crippen molar-refractivity contribution in [1.29, 1.82) is 0 Å². The van der Waals surface area contributed by atoms with Gasteiger partial charge in [0, 0.05) is 12.6 Å². The molecule has 0 fully saturated rings. The van der Waals surface area contributed by atoms with E-state index in [9.17, 15) is 4.79 Å². The zero-order valence-electron chi connectivity index (χ0n) is 8.08. The van der Waals surface area contributed by atoms with Gasteiger partial charge < -0.3 is 10.6 Å². The first-order valence-electron chi connectivity index (χ1n) is 4.34. The van der Waals surface area contributed by atoms with Crippen LogP contribution >= 0.6 is 23.8 Å². The minimum absolute atomic E-state index is 0.138. The van der Waals surface area contributed by atoms with Crippen molar-refractivity contribution in [3.63, 3.8) is 0 Å². The average molecular weight is 244 g/mol. The van der Waals surface area contributed by atoms with Crippen LogP contribution in [0.4, 0.5) is 5.82 Å². The summed E-state index contributed by atoms with van der Waals surface area (Å²) in [4.78, 5) is 15.0. The predicted octanol–water partition coefficient (Wildman–Crippen LogP) is 1.96. The number of halogens is 1. The van der Waals surface area contributed by atoms with Gasteiger partial charge in [0.1, 0.15) is 5.82 Å². The Bertz CT molecular complexity index is 366. The maximum Gasteiger partial charge on any atom is 0.225 e. The zero-order chi connectivity index (χ0) is 11.3. The van der Waals surface area contributed by atoms with Crippen molar-refractivity contribution in [1.82, 2.24) is 10.3 Å². The SMILES string of the molecule is CCC(=O)NC(=S)Nc1ccc(Cl)cn1. The van der Waals surface area contributed by atoms with Gasteiger partial charge in [-0.15, -0.1) is 0 Å². The molecule has 2 N–H and O–H groups in total. The molecule has 4 nitrogen and oxygen atoms in total. The summed E-state index contributed by atoms with van der Waals surface area (Å²) in [5, 5.41) is 6.04. The van der Waals surface area contributed by atoms with Crippen molar-refractivity contribution in [3.8, 4) is 0 Å². The molecular weight excluding hydrogens is 234 g/mol. The van der Waals surface area contributed by atoms with Crippen LogP contribution in [-0.4, -0.2) is 16.0 Å². The second-order valence-electron chi connectivity index (χ2n) is 2.72. The van der Waals surface area contributed by atoms with Gasteiger partial charge in [-0.1, -0.05) is 18.5 Å². The smallest absolute Gasteiger partial charge is 0.225 e. The number of nitrogens with zero attached hydrogens (tertiary/aromatic N) is 1. The van der Waals surface area contributed by atoms with Gasteiger partial charge in [0.15, 0.2) is 5.11 Å². The molecule has 80 valence electrons. The van der Waals surface area contributed by atoms with Crippen LogP contribution in [0.3, 0.4) is 0 Å². The van der Waals surface area contributed by atoms with Crippen LogP contribution in [0.25, 0.3) is 0 Å². The van der Waals surface area contributed by atoms with E-state index in [4.69, 9.17) is 23.8 Å². The molecular formula is C9H10ClN3OS. The molecule has 1 heterocycles. The number of thiocarbonyl (C=S) groups is 1. The summed E-state index contributed by atoms with van der Waals surface area (Å²) in [6.07, 6.45) is 1.88. The van der Waals surface area contributed by atoms with Gasteiger partial charge in [-0.3, -0.25) is 4.79 Å². The Morgan fingerprint density at radius 2 is 2.33 bits per heavy atom. The van der Waals surface area contributed by atoms with Crippen LogP contribution < -0.4 is 10.6 Å². The molecule has 6 heteroatoms. The summed E-state index contributed by atoms with van der Waals surface area (Å²) in [6.45, 7) is 1.75. The molecule has 0 bridgehead atoms. The molecule has 0 radical (unpaired) electrons. The lowest BCUT2D eigenvalue weighted by Crippen LogP contribution is -2.33. The third-order valence-corrected chi connectivity index (χ3v) is 1.97. The molecule has 0 aromatic carbocycles. The number of carbonyl (C=O) groups excluding carboxylic acids is 1. The fraction of sp³-hybridized carbons (Fsp3) is 0.222. The number of nitrogens with one attached hydrogen (secondary N) is 2. The van der Waals surface area contributed by atoms with Crippen molar-refractivity contribution in [2.75, 3.05) is 5.32 Å². The lowest BCUT2D eigenvalue weighted by Gasteiger charge is -2.07. The van der Waals surface area contributed by atoms with Gasteiger partial charge in [-0.2, -0.15) is 0 Å². The minimum atomic E-state index is -0.138. The molecule has 0 spiro atoms. The van der Waals surface area contributed by atoms with Crippen LogP contribution in [0.5, 0.6) is 0 Å². The Morgan fingerprint density at radius 3 is 2.87 bits per heavy atom. The fourth-order valence-electron chi connectivity index (χ4n) is 0.812. The van der Waals surface area contributed by atoms with Crippen LogP contribution in [0.2, 0.25) is 5.02 Å². The summed E-state index contributed by atoms with van der Waals surface area (Å²) in [5.74, 6) is 0.405. The largest absolute Gasteiger partial charge is 0.317 e. The van der Waals surface area contributed by atoms with E-state index in [0.29, 0.717) is 17.3 Å². The Labute approximate surface area is 98.0 Å². The maximum atomic E-state index is 11.0. The highest BCUT2D eigenvalue weighted by Crippen LogP contribution is 2.09. The second kappa shape index (κ2) is 5.63. The zero-order valence-corrected chi connectivity index (χ0v) is 9.65. The normalized spacial score (nSPS) is 9.47. The van der Waals surface area contributed by atoms with Gasteiger partial charge in [0.05, 0.1) is 5.02 Å². The summed E-state index contributed by atoms with van der Waals surface area (Å²) in [5.41, 5.74) is 0. The van der Waals surface area contributed by atoms with Gasteiger partial charge >= 0.3 is 0 Å². The molecule has 1 amide bonds. The summed E-state index contributed by atoms with van der Waals surface area (Å²) >= 11 is 10.6. The molecule has 0 atom stereocenters. The van der Waals surface area contributed by atoms with Crippen molar-refractivity contribution < 1.29 is 4.79 Å². The fourth-order valence-corrected chi connectivity index (χ4v) is 1.14. The molecule has 0 saturated carbocycles. The summed E-state index contributed by atoms with van der Waals surface area (Å²) < 4.78 is 0. The van der Waals surface area contributed by atoms with Gasteiger partial charge in [0.2, 0.25) is 5.91 Å². The Kier molecular flexibility index (Phi) is 4.45. The van der Waals surface area contributed by atoms with Gasteiger partial charge in [0.25, 0.3) is 0 Å². The van der Waals surface area contributed by atoms with E-state index in [1.54, 1.807) is 19.1 Å². The number of hydrogen-bond donors (Lipinski definition) is 2. The lowest BCUT2D eigenvalue weighted by molar-refractivity contribution is -0.119. The molecule has 15 heavy (non-hydrogen) atoms. The predicted molar refractivity (Wildman–Crippen MR) is 63.9 cm³/mol. The van der Waals surface area contributed by atoms with E-state index in [2.05, 4.69) is 15.6 Å². The monoisotopic (exact) mass is 243 g/mol. The number of carbonyl (C=O) groups is 1. The summed E-state index contributed by atoms with van der Waals surface area (Å²) in [6, 6.07) is 3.36. The molecule has 1 rings (SSSR count). The van der Waals surface area contributed by atoms with Crippen molar-refractivity contribution in [3.05, 3.63) is 23.4 Å². The number of amides is 1. The molecule has 1 aromatic rings. The first kappa shape index (κ1) is 11.9. The molecule has 0 aliphatic carbocycles. The van der Waals surface area contributed by atoms with E-state index in [0.717, 1.165) is 0 Å². The van der Waals surface area contributed by atoms with E-state index in [1.807, 2.05) is 0 Å². The number of hydrogen-bond acceptors (Lipinski definition) is 3. The van der Waals surface area contributed by atoms with Crippen LogP contribution in [-0.2, 0) is 4.79 Å². The number of anilines is 1. The quantitative estimate of drug-likeness (QED) is 0.780. The van der Waals surface area contributed by atoms with E-state index < -0.39 is 0 Å². The van der Waals surface area contributed by atoms with Crippen molar-refractivity contribution >= 4 is 40.7 Å². The molecule has 1 aromatic heterocycles. The lowest BCUT2D eigenvalue weighted by atomic mass is 10.4. The van der Waals surface area contributed by atoms with Crippen molar-refractivity contribution in [2.24, 2.45) is 0 Å². The highest BCUT2D eigenvalue weighted by Gasteiger charge is 2.02. The Hall–Kier alpha value is -1.20. The van der Waals surface area contributed by atoms with E-state index >= 15 is 0 Å². The van der Waals surface area contributed by atoms with E-state index in [1.165, 1.54) is 6.20 Å². The highest BCUT2D eigenvalue weighted by atomic mass is 35.5. The Balaban J connectivity index is 2.51. The first-order valence-corrected chi connectivity index (χ1v) is 5.13. The first-order chi connectivity index (χ1) is 7.11. The van der Waals surface area contributed by atoms with Gasteiger partial charge in [-0.25, -0.2) is 4.98 Å². The molecule has 0 saturated heterocycles. The van der Waals surface area contributed by atoms with Gasteiger partial charge in [-0.05, 0) is 24.4 Å². The molecule has 0 unspecified atom stereocenters. The highest BCUT2D eigenvalue weighted by molar-refractivity contribution is 7.80. The third-order valence-electron chi connectivity index (χ3n) is 1.54.